The molecular formula is C17H27N3O2. The number of hydrogen-bond acceptors (Lipinski definition) is 3. The highest BCUT2D eigenvalue weighted by Crippen LogP contribution is 2.19. The highest BCUT2D eigenvalue weighted by Gasteiger charge is 2.21. The van der Waals surface area contributed by atoms with E-state index < -0.39 is 5.41 Å². The van der Waals surface area contributed by atoms with E-state index in [9.17, 15) is 9.59 Å². The van der Waals surface area contributed by atoms with Gasteiger partial charge in [0.25, 0.3) is 0 Å². The first-order valence-electron chi connectivity index (χ1n) is 7.67. The highest BCUT2D eigenvalue weighted by atomic mass is 16.2. The minimum absolute atomic E-state index is 0.0607. The van der Waals surface area contributed by atoms with Crippen LogP contribution in [0.3, 0.4) is 0 Å². The van der Waals surface area contributed by atoms with E-state index in [0.29, 0.717) is 17.4 Å². The minimum Gasteiger partial charge on any atom is -0.326 e. The van der Waals surface area contributed by atoms with Gasteiger partial charge in [-0.2, -0.15) is 0 Å². The molecule has 0 radical (unpaired) electrons. The molecule has 1 unspecified atom stereocenters. The molecule has 0 aliphatic rings. The van der Waals surface area contributed by atoms with Crippen molar-refractivity contribution in [1.29, 1.82) is 0 Å². The molecule has 2 amide bonds. The van der Waals surface area contributed by atoms with Gasteiger partial charge in [-0.1, -0.05) is 33.8 Å². The zero-order chi connectivity index (χ0) is 16.8. The molecule has 0 fully saturated rings. The normalized spacial score (nSPS) is 12.6. The molecular weight excluding hydrogens is 278 g/mol. The maximum Gasteiger partial charge on any atom is 0.238 e. The lowest BCUT2D eigenvalue weighted by atomic mass is 9.95. The van der Waals surface area contributed by atoms with Gasteiger partial charge in [0.05, 0.1) is 6.54 Å². The number of benzene rings is 1. The summed E-state index contributed by atoms with van der Waals surface area (Å²) in [5, 5.41) is 8.81. The van der Waals surface area contributed by atoms with E-state index in [-0.39, 0.29) is 18.4 Å². The van der Waals surface area contributed by atoms with E-state index in [1.54, 1.807) is 24.3 Å². The zero-order valence-electron chi connectivity index (χ0n) is 14.1. The van der Waals surface area contributed by atoms with Crippen LogP contribution >= 0.6 is 0 Å². The van der Waals surface area contributed by atoms with Gasteiger partial charge >= 0.3 is 0 Å². The van der Waals surface area contributed by atoms with E-state index in [2.05, 4.69) is 22.9 Å². The lowest BCUT2D eigenvalue weighted by molar-refractivity contribution is -0.123. The van der Waals surface area contributed by atoms with Crippen molar-refractivity contribution in [3.05, 3.63) is 24.3 Å². The predicted octanol–water partition coefficient (Wildman–Crippen LogP) is 3.00. The van der Waals surface area contributed by atoms with Crippen LogP contribution in [0.1, 0.15) is 41.0 Å². The van der Waals surface area contributed by atoms with Crippen molar-refractivity contribution in [1.82, 2.24) is 5.32 Å². The molecule has 0 aromatic heterocycles. The Bertz CT molecular complexity index is 521. The molecule has 122 valence electrons. The Hall–Kier alpha value is -1.88. The zero-order valence-corrected chi connectivity index (χ0v) is 14.1. The standard InChI is InChI=1S/C17H27N3O2/c1-6-12(2)18-11-15(21)19-13-8-7-9-14(10-13)20-16(22)17(3,4)5/h7-10,12,18H,6,11H2,1-5H3,(H,19,21)(H,20,22). The maximum atomic E-state index is 12.0. The van der Waals surface area contributed by atoms with Gasteiger partial charge in [0.15, 0.2) is 0 Å². The quantitative estimate of drug-likeness (QED) is 0.756. The molecule has 0 bridgehead atoms. The van der Waals surface area contributed by atoms with Crippen molar-refractivity contribution in [2.75, 3.05) is 17.2 Å². The predicted molar refractivity (Wildman–Crippen MR) is 90.9 cm³/mol. The smallest absolute Gasteiger partial charge is 0.238 e. The van der Waals surface area contributed by atoms with Crippen molar-refractivity contribution in [3.63, 3.8) is 0 Å². The minimum atomic E-state index is -0.459. The van der Waals surface area contributed by atoms with Crippen LogP contribution in [-0.2, 0) is 9.59 Å². The molecule has 22 heavy (non-hydrogen) atoms. The average Bonchev–Trinajstić information content (AvgIpc) is 2.44. The highest BCUT2D eigenvalue weighted by molar-refractivity contribution is 5.96. The molecule has 1 aromatic rings. The second kappa shape index (κ2) is 7.94. The summed E-state index contributed by atoms with van der Waals surface area (Å²) >= 11 is 0. The SMILES string of the molecule is CCC(C)NCC(=O)Nc1cccc(NC(=O)C(C)(C)C)c1. The number of carbonyl (C=O) groups excluding carboxylic acids is 2. The van der Waals surface area contributed by atoms with Crippen LogP contribution in [0.4, 0.5) is 11.4 Å². The second-order valence-electron chi connectivity index (χ2n) is 6.52. The fourth-order valence-corrected chi connectivity index (χ4v) is 1.61. The van der Waals surface area contributed by atoms with Crippen LogP contribution in [0.5, 0.6) is 0 Å². The van der Waals surface area contributed by atoms with Crippen molar-refractivity contribution >= 4 is 23.2 Å². The van der Waals surface area contributed by atoms with Crippen LogP contribution in [0, 0.1) is 5.41 Å². The molecule has 0 saturated heterocycles. The Morgan fingerprint density at radius 3 is 2.27 bits per heavy atom. The molecule has 0 spiro atoms. The first-order chi connectivity index (χ1) is 10.2. The van der Waals surface area contributed by atoms with E-state index in [1.165, 1.54) is 0 Å². The summed E-state index contributed by atoms with van der Waals surface area (Å²) in [5.74, 6) is -0.158. The summed E-state index contributed by atoms with van der Waals surface area (Å²) in [5.41, 5.74) is 0.884. The number of carbonyl (C=O) groups is 2. The summed E-state index contributed by atoms with van der Waals surface area (Å²) < 4.78 is 0. The molecule has 0 heterocycles. The van der Waals surface area contributed by atoms with Crippen LogP contribution < -0.4 is 16.0 Å². The van der Waals surface area contributed by atoms with E-state index in [0.717, 1.165) is 6.42 Å². The molecule has 0 aliphatic heterocycles. The topological polar surface area (TPSA) is 70.2 Å². The molecule has 1 atom stereocenters. The van der Waals surface area contributed by atoms with Gasteiger partial charge in [-0.15, -0.1) is 0 Å². The number of hydrogen-bond donors (Lipinski definition) is 3. The molecule has 1 rings (SSSR count). The molecule has 1 aromatic carbocycles. The summed E-state index contributed by atoms with van der Waals surface area (Å²) in [6.45, 7) is 9.94. The summed E-state index contributed by atoms with van der Waals surface area (Å²) in [7, 11) is 0. The maximum absolute atomic E-state index is 12.0. The molecule has 5 nitrogen and oxygen atoms in total. The van der Waals surface area contributed by atoms with Crippen molar-refractivity contribution < 1.29 is 9.59 Å². The van der Waals surface area contributed by atoms with E-state index >= 15 is 0 Å². The Morgan fingerprint density at radius 1 is 1.14 bits per heavy atom. The van der Waals surface area contributed by atoms with Crippen LogP contribution in [-0.4, -0.2) is 24.4 Å². The fraction of sp³-hybridized carbons (Fsp3) is 0.529. The van der Waals surface area contributed by atoms with Gasteiger partial charge in [-0.25, -0.2) is 0 Å². The van der Waals surface area contributed by atoms with E-state index in [4.69, 9.17) is 0 Å². The lowest BCUT2D eigenvalue weighted by Crippen LogP contribution is -2.34. The third kappa shape index (κ3) is 6.26. The van der Waals surface area contributed by atoms with Gasteiger partial charge in [0.2, 0.25) is 11.8 Å². The Labute approximate surface area is 132 Å². The van der Waals surface area contributed by atoms with Gasteiger partial charge in [0, 0.05) is 22.8 Å². The number of nitrogens with one attached hydrogen (secondary N) is 3. The summed E-state index contributed by atoms with van der Waals surface area (Å²) in [4.78, 5) is 23.8. The first kappa shape index (κ1) is 18.2. The summed E-state index contributed by atoms with van der Waals surface area (Å²) in [6, 6.07) is 7.47. The van der Waals surface area contributed by atoms with Crippen molar-refractivity contribution in [3.8, 4) is 0 Å². The average molecular weight is 305 g/mol. The number of amides is 2. The van der Waals surface area contributed by atoms with Crippen LogP contribution in [0.2, 0.25) is 0 Å². The van der Waals surface area contributed by atoms with Crippen LogP contribution in [0.25, 0.3) is 0 Å². The Kier molecular flexibility index (Phi) is 6.56. The number of anilines is 2. The Balaban J connectivity index is 2.61. The van der Waals surface area contributed by atoms with E-state index in [1.807, 2.05) is 27.7 Å². The third-order valence-electron chi connectivity index (χ3n) is 3.31. The van der Waals surface area contributed by atoms with Crippen LogP contribution in [0.15, 0.2) is 24.3 Å². The fourth-order valence-electron chi connectivity index (χ4n) is 1.61. The van der Waals surface area contributed by atoms with Gasteiger partial charge in [-0.3, -0.25) is 9.59 Å². The Morgan fingerprint density at radius 2 is 1.73 bits per heavy atom. The molecule has 5 heteroatoms. The summed E-state index contributed by atoms with van der Waals surface area (Å²) in [6.07, 6.45) is 0.974. The van der Waals surface area contributed by atoms with Gasteiger partial charge < -0.3 is 16.0 Å². The molecule has 3 N–H and O–H groups in total. The second-order valence-corrected chi connectivity index (χ2v) is 6.52. The molecule has 0 saturated carbocycles. The van der Waals surface area contributed by atoms with Crippen molar-refractivity contribution in [2.24, 2.45) is 5.41 Å². The largest absolute Gasteiger partial charge is 0.326 e. The number of rotatable bonds is 6. The monoisotopic (exact) mass is 305 g/mol. The van der Waals surface area contributed by atoms with Gasteiger partial charge in [-0.05, 0) is 31.5 Å². The van der Waals surface area contributed by atoms with Gasteiger partial charge in [0.1, 0.15) is 0 Å². The molecule has 0 aliphatic carbocycles. The first-order valence-corrected chi connectivity index (χ1v) is 7.67. The van der Waals surface area contributed by atoms with Crippen molar-refractivity contribution in [2.45, 2.75) is 47.1 Å². The third-order valence-corrected chi connectivity index (χ3v) is 3.31. The lowest BCUT2D eigenvalue weighted by Gasteiger charge is -2.18.